The number of unbranched alkanes of at least 4 members (excludes halogenated alkanes) is 7. The molecule has 0 aromatic heterocycles. The normalized spacial score (nSPS) is 14.4. The van der Waals surface area contributed by atoms with Gasteiger partial charge < -0.3 is 20.1 Å². The molecule has 0 amide bonds. The molecule has 0 fully saturated rings. The van der Waals surface area contributed by atoms with Gasteiger partial charge in [0.2, 0.25) is 0 Å². The van der Waals surface area contributed by atoms with Crippen molar-refractivity contribution in [2.24, 2.45) is 5.73 Å². The summed E-state index contributed by atoms with van der Waals surface area (Å²) in [5, 5.41) is 0. The molecule has 0 heterocycles. The molecule has 0 aromatic rings. The maximum Gasteiger partial charge on any atom is 0.472 e. The first-order valence-electron chi connectivity index (χ1n) is 19.1. The second-order valence-corrected chi connectivity index (χ2v) is 13.5. The number of carbonyl (C=O) groups is 2. The van der Waals surface area contributed by atoms with Gasteiger partial charge in [-0.05, 0) is 89.9 Å². The third-order valence-electron chi connectivity index (χ3n) is 7.27. The fraction of sp³-hybridized carbons (Fsp3) is 0.610. The van der Waals surface area contributed by atoms with Crippen LogP contribution in [0.4, 0.5) is 0 Å². The van der Waals surface area contributed by atoms with Crippen LogP contribution in [0.2, 0.25) is 0 Å². The van der Waals surface area contributed by atoms with Crippen LogP contribution in [0.5, 0.6) is 0 Å². The van der Waals surface area contributed by atoms with Crippen LogP contribution in [0.25, 0.3) is 0 Å². The molecule has 3 N–H and O–H groups in total. The van der Waals surface area contributed by atoms with Gasteiger partial charge in [-0.2, -0.15) is 0 Å². The van der Waals surface area contributed by atoms with Gasteiger partial charge in [-0.25, -0.2) is 4.57 Å². The number of phosphoric acid groups is 1. The van der Waals surface area contributed by atoms with Gasteiger partial charge in [0, 0.05) is 19.4 Å². The Morgan fingerprint density at radius 2 is 1.06 bits per heavy atom. The number of hydrogen-bond acceptors (Lipinski definition) is 8. The zero-order valence-corrected chi connectivity index (χ0v) is 32.4. The monoisotopic (exact) mass is 733 g/mol. The van der Waals surface area contributed by atoms with Gasteiger partial charge in [0.25, 0.3) is 0 Å². The van der Waals surface area contributed by atoms with Gasteiger partial charge in [-0.15, -0.1) is 0 Å². The Kier molecular flexibility index (Phi) is 34.9. The minimum Gasteiger partial charge on any atom is -0.462 e. The van der Waals surface area contributed by atoms with Gasteiger partial charge in [-0.3, -0.25) is 18.6 Å². The van der Waals surface area contributed by atoms with E-state index in [1.807, 2.05) is 0 Å². The van der Waals surface area contributed by atoms with E-state index < -0.39 is 32.5 Å². The molecule has 290 valence electrons. The summed E-state index contributed by atoms with van der Waals surface area (Å²) in [5.41, 5.74) is 5.32. The van der Waals surface area contributed by atoms with Crippen molar-refractivity contribution in [2.45, 2.75) is 136 Å². The zero-order valence-electron chi connectivity index (χ0n) is 31.5. The second kappa shape index (κ2) is 37.0. The second-order valence-electron chi connectivity index (χ2n) is 12.1. The Balaban J connectivity index is 4.40. The van der Waals surface area contributed by atoms with Crippen molar-refractivity contribution < 1.29 is 37.6 Å². The lowest BCUT2D eigenvalue weighted by atomic mass is 10.1. The minimum atomic E-state index is -4.40. The SMILES string of the molecule is CC/C=C\C/C=C\C/C=C\C/C=C\CCCCC(=O)OC[C@H](COP(=O)(O)OCCN)OC(=O)CCCC/C=C\C/C=C\C/C=C\CCCCC. The molecule has 0 saturated carbocycles. The van der Waals surface area contributed by atoms with E-state index in [1.165, 1.54) is 19.3 Å². The lowest BCUT2D eigenvalue weighted by Gasteiger charge is -2.19. The third-order valence-corrected chi connectivity index (χ3v) is 8.25. The van der Waals surface area contributed by atoms with Crippen molar-refractivity contribution >= 4 is 19.8 Å². The fourth-order valence-electron chi connectivity index (χ4n) is 4.45. The number of rotatable bonds is 34. The van der Waals surface area contributed by atoms with Crippen molar-refractivity contribution in [3.8, 4) is 0 Å². The molecule has 0 aliphatic heterocycles. The van der Waals surface area contributed by atoms with Crippen LogP contribution in [0, 0.1) is 0 Å². The van der Waals surface area contributed by atoms with Gasteiger partial charge in [0.05, 0.1) is 13.2 Å². The molecular weight excluding hydrogens is 665 g/mol. The average molecular weight is 734 g/mol. The summed E-state index contributed by atoms with van der Waals surface area (Å²) in [6.07, 6.45) is 44.8. The number of hydrogen-bond donors (Lipinski definition) is 2. The van der Waals surface area contributed by atoms with E-state index in [0.717, 1.165) is 70.6 Å². The predicted molar refractivity (Wildman–Crippen MR) is 210 cm³/mol. The summed E-state index contributed by atoms with van der Waals surface area (Å²) in [6, 6.07) is 0. The van der Waals surface area contributed by atoms with Crippen molar-refractivity contribution in [3.05, 3.63) is 85.1 Å². The molecule has 10 heteroatoms. The van der Waals surface area contributed by atoms with E-state index in [2.05, 4.69) is 98.9 Å². The Bertz CT molecular complexity index is 1110. The number of allylic oxidation sites excluding steroid dienone is 14. The topological polar surface area (TPSA) is 134 Å². The van der Waals surface area contributed by atoms with Crippen molar-refractivity contribution in [2.75, 3.05) is 26.4 Å². The van der Waals surface area contributed by atoms with Crippen molar-refractivity contribution in [1.82, 2.24) is 0 Å². The predicted octanol–water partition coefficient (Wildman–Crippen LogP) is 10.5. The van der Waals surface area contributed by atoms with Crippen LogP contribution in [-0.4, -0.2) is 49.3 Å². The van der Waals surface area contributed by atoms with Gasteiger partial charge in [0.15, 0.2) is 6.10 Å². The van der Waals surface area contributed by atoms with Crippen LogP contribution in [0.15, 0.2) is 85.1 Å². The summed E-state index contributed by atoms with van der Waals surface area (Å²) in [5.74, 6) is -0.934. The molecule has 1 unspecified atom stereocenters. The van der Waals surface area contributed by atoms with Crippen molar-refractivity contribution in [3.63, 3.8) is 0 Å². The van der Waals surface area contributed by atoms with Crippen LogP contribution < -0.4 is 5.73 Å². The molecule has 0 aromatic carbocycles. The molecule has 0 aliphatic rings. The maximum atomic E-state index is 12.5. The molecule has 0 aliphatic carbocycles. The summed E-state index contributed by atoms with van der Waals surface area (Å²) >= 11 is 0. The number of ether oxygens (including phenoxy) is 2. The van der Waals surface area contributed by atoms with E-state index in [1.54, 1.807) is 0 Å². The summed E-state index contributed by atoms with van der Waals surface area (Å²) < 4.78 is 32.6. The molecule has 0 bridgehead atoms. The molecular formula is C41H68NO8P. The molecule has 2 atom stereocenters. The summed E-state index contributed by atoms with van der Waals surface area (Å²) in [6.45, 7) is 3.45. The highest BCUT2D eigenvalue weighted by Gasteiger charge is 2.25. The lowest BCUT2D eigenvalue weighted by Crippen LogP contribution is -2.29. The number of carbonyl (C=O) groups excluding carboxylic acids is 2. The van der Waals surface area contributed by atoms with E-state index in [0.29, 0.717) is 12.8 Å². The Morgan fingerprint density at radius 1 is 0.608 bits per heavy atom. The smallest absolute Gasteiger partial charge is 0.462 e. The Hall–Kier alpha value is -2.81. The highest BCUT2D eigenvalue weighted by molar-refractivity contribution is 7.47. The van der Waals surface area contributed by atoms with Gasteiger partial charge in [-0.1, -0.05) is 112 Å². The first-order chi connectivity index (χ1) is 24.8. The fourth-order valence-corrected chi connectivity index (χ4v) is 5.22. The first-order valence-corrected chi connectivity index (χ1v) is 20.6. The number of esters is 2. The van der Waals surface area contributed by atoms with Crippen LogP contribution in [0.3, 0.4) is 0 Å². The standard InChI is InChI=1S/C41H68NO8P/c1-3-5-7-9-11-13-15-17-19-21-23-25-27-29-31-33-40(43)47-37-39(38-49-51(45,46)48-36-35-42)50-41(44)34-32-30-28-26-24-22-20-18-16-14-12-10-8-6-4-2/h5,7,11-14,17-20,23-26,39H,3-4,6,8-10,15-16,21-22,27-38,42H2,1-2H3,(H,45,46)/b7-5-,13-11-,14-12-,19-17-,20-18-,25-23-,26-24-/t39-/m1/s1. The third kappa shape index (κ3) is 36.8. The van der Waals surface area contributed by atoms with E-state index in [-0.39, 0.29) is 32.6 Å². The van der Waals surface area contributed by atoms with E-state index in [4.69, 9.17) is 24.3 Å². The molecule has 0 radical (unpaired) electrons. The average Bonchev–Trinajstić information content (AvgIpc) is 3.11. The summed E-state index contributed by atoms with van der Waals surface area (Å²) in [7, 11) is -4.40. The van der Waals surface area contributed by atoms with Crippen LogP contribution in [-0.2, 0) is 32.7 Å². The van der Waals surface area contributed by atoms with Crippen LogP contribution in [0.1, 0.15) is 129 Å². The Labute approximate surface area is 309 Å². The van der Waals surface area contributed by atoms with E-state index >= 15 is 0 Å². The minimum absolute atomic E-state index is 0.0367. The zero-order chi connectivity index (χ0) is 37.5. The van der Waals surface area contributed by atoms with Gasteiger partial charge >= 0.3 is 19.8 Å². The molecule has 0 spiro atoms. The largest absolute Gasteiger partial charge is 0.472 e. The van der Waals surface area contributed by atoms with Crippen LogP contribution >= 0.6 is 7.82 Å². The van der Waals surface area contributed by atoms with Crippen molar-refractivity contribution in [1.29, 1.82) is 0 Å². The van der Waals surface area contributed by atoms with Gasteiger partial charge in [0.1, 0.15) is 6.61 Å². The molecule has 9 nitrogen and oxygen atoms in total. The maximum absolute atomic E-state index is 12.5. The number of phosphoric ester groups is 1. The quantitative estimate of drug-likeness (QED) is 0.0287. The Morgan fingerprint density at radius 3 is 1.53 bits per heavy atom. The lowest BCUT2D eigenvalue weighted by molar-refractivity contribution is -0.161. The molecule has 0 saturated heterocycles. The highest BCUT2D eigenvalue weighted by Crippen LogP contribution is 2.43. The van der Waals surface area contributed by atoms with E-state index in [9.17, 15) is 19.0 Å². The molecule has 0 rings (SSSR count). The molecule has 51 heavy (non-hydrogen) atoms. The highest BCUT2D eigenvalue weighted by atomic mass is 31.2. The summed E-state index contributed by atoms with van der Waals surface area (Å²) in [4.78, 5) is 34.7. The first kappa shape index (κ1) is 48.2. The number of nitrogens with two attached hydrogens (primary N) is 1.